The molecule has 0 aliphatic rings. The lowest BCUT2D eigenvalue weighted by atomic mass is 10.2. The van der Waals surface area contributed by atoms with E-state index in [2.05, 4.69) is 0 Å². The average Bonchev–Trinajstić information content (AvgIpc) is 2.02. The van der Waals surface area contributed by atoms with Crippen LogP contribution in [0.15, 0.2) is 28.0 Å². The molecule has 2 nitrogen and oxygen atoms in total. The second kappa shape index (κ2) is 3.90. The van der Waals surface area contributed by atoms with Gasteiger partial charge in [-0.05, 0) is 30.9 Å². The van der Waals surface area contributed by atoms with Crippen molar-refractivity contribution in [2.24, 2.45) is 0 Å². The molecule has 0 atom stereocenters. The summed E-state index contributed by atoms with van der Waals surface area (Å²) in [5, 5.41) is 0. The second-order valence-electron chi connectivity index (χ2n) is 2.52. The van der Waals surface area contributed by atoms with Crippen molar-refractivity contribution in [3.05, 3.63) is 23.8 Å². The largest absolute Gasteiger partial charge is 0.261 e. The van der Waals surface area contributed by atoms with Crippen LogP contribution in [0.3, 0.4) is 0 Å². The fourth-order valence-corrected chi connectivity index (χ4v) is 2.99. The fraction of sp³-hybridized carbons (Fsp3) is 0.250. The molecule has 0 radical (unpaired) electrons. The molecule has 72 valence electrons. The van der Waals surface area contributed by atoms with Crippen molar-refractivity contribution in [1.29, 1.82) is 0 Å². The summed E-state index contributed by atoms with van der Waals surface area (Å²) in [7, 11) is 1.65. The van der Waals surface area contributed by atoms with Crippen molar-refractivity contribution in [3.8, 4) is 0 Å². The minimum atomic E-state index is -3.61. The zero-order chi connectivity index (χ0) is 10.1. The van der Waals surface area contributed by atoms with Crippen LogP contribution in [0.1, 0.15) is 5.56 Å². The number of halogens is 1. The Balaban J connectivity index is 3.41. The Morgan fingerprint density at radius 1 is 1.38 bits per heavy atom. The van der Waals surface area contributed by atoms with Gasteiger partial charge in [0.1, 0.15) is 0 Å². The molecule has 0 aliphatic carbocycles. The molecule has 13 heavy (non-hydrogen) atoms. The van der Waals surface area contributed by atoms with Crippen molar-refractivity contribution in [1.82, 2.24) is 0 Å². The number of thioether (sulfide) groups is 1. The first-order chi connectivity index (χ1) is 5.96. The van der Waals surface area contributed by atoms with E-state index in [9.17, 15) is 8.42 Å². The molecule has 0 amide bonds. The minimum absolute atomic E-state index is 0.195. The van der Waals surface area contributed by atoms with Crippen LogP contribution >= 0.6 is 22.4 Å². The van der Waals surface area contributed by atoms with Gasteiger partial charge < -0.3 is 0 Å². The zero-order valence-electron chi connectivity index (χ0n) is 7.24. The van der Waals surface area contributed by atoms with E-state index in [-0.39, 0.29) is 4.90 Å². The Hall–Kier alpha value is -0.190. The third kappa shape index (κ3) is 2.39. The Morgan fingerprint density at radius 2 is 2.00 bits per heavy atom. The summed E-state index contributed by atoms with van der Waals surface area (Å²) in [6, 6.07) is 5.07. The van der Waals surface area contributed by atoms with E-state index < -0.39 is 9.05 Å². The van der Waals surface area contributed by atoms with Crippen LogP contribution < -0.4 is 0 Å². The van der Waals surface area contributed by atoms with Crippen molar-refractivity contribution < 1.29 is 8.42 Å². The summed E-state index contributed by atoms with van der Waals surface area (Å²) in [5.74, 6) is 0. The van der Waals surface area contributed by atoms with E-state index in [1.54, 1.807) is 13.0 Å². The Morgan fingerprint density at radius 3 is 2.46 bits per heavy atom. The van der Waals surface area contributed by atoms with Crippen LogP contribution in [-0.2, 0) is 9.05 Å². The van der Waals surface area contributed by atoms with Gasteiger partial charge in [-0.2, -0.15) is 0 Å². The van der Waals surface area contributed by atoms with Gasteiger partial charge in [-0.25, -0.2) is 8.42 Å². The first-order valence-corrected chi connectivity index (χ1v) is 7.08. The highest BCUT2D eigenvalue weighted by atomic mass is 35.7. The standard InChI is InChI=1S/C8H9ClO2S2/c1-6-7(12-2)4-3-5-8(6)13(9,10)11/h3-5H,1-2H3. The van der Waals surface area contributed by atoms with Gasteiger partial charge in [-0.15, -0.1) is 11.8 Å². The molecular weight excluding hydrogens is 228 g/mol. The van der Waals surface area contributed by atoms with Crippen molar-refractivity contribution in [2.45, 2.75) is 16.7 Å². The van der Waals surface area contributed by atoms with Gasteiger partial charge in [-0.3, -0.25) is 0 Å². The summed E-state index contributed by atoms with van der Waals surface area (Å²) < 4.78 is 22.2. The molecule has 1 aromatic carbocycles. The molecule has 0 fully saturated rings. The average molecular weight is 237 g/mol. The van der Waals surface area contributed by atoms with Gasteiger partial charge >= 0.3 is 0 Å². The second-order valence-corrected chi connectivity index (χ2v) is 5.90. The van der Waals surface area contributed by atoms with Gasteiger partial charge in [0.25, 0.3) is 9.05 Å². The number of benzene rings is 1. The van der Waals surface area contributed by atoms with Gasteiger partial charge in [0, 0.05) is 15.6 Å². The minimum Gasteiger partial charge on any atom is -0.207 e. The molecule has 0 unspecified atom stereocenters. The highest BCUT2D eigenvalue weighted by Gasteiger charge is 2.14. The summed E-state index contributed by atoms with van der Waals surface area (Å²) in [6.45, 7) is 1.75. The lowest BCUT2D eigenvalue weighted by Crippen LogP contribution is -1.95. The van der Waals surface area contributed by atoms with Crippen LogP contribution in [-0.4, -0.2) is 14.7 Å². The maximum atomic E-state index is 11.1. The lowest BCUT2D eigenvalue weighted by Gasteiger charge is -2.05. The molecule has 0 aromatic heterocycles. The predicted octanol–water partition coefficient (Wildman–Crippen LogP) is 2.64. The van der Waals surface area contributed by atoms with Crippen molar-refractivity contribution >= 4 is 31.5 Å². The maximum Gasteiger partial charge on any atom is 0.261 e. The molecule has 0 saturated heterocycles. The molecule has 5 heteroatoms. The maximum absolute atomic E-state index is 11.1. The summed E-state index contributed by atoms with van der Waals surface area (Å²) in [4.78, 5) is 1.13. The fourth-order valence-electron chi connectivity index (χ4n) is 1.08. The van der Waals surface area contributed by atoms with Gasteiger partial charge in [-0.1, -0.05) is 6.07 Å². The van der Waals surface area contributed by atoms with Gasteiger partial charge in [0.2, 0.25) is 0 Å². The number of hydrogen-bond donors (Lipinski definition) is 0. The monoisotopic (exact) mass is 236 g/mol. The Bertz CT molecular complexity index is 412. The van der Waals surface area contributed by atoms with Crippen molar-refractivity contribution in [2.75, 3.05) is 6.26 Å². The lowest BCUT2D eigenvalue weighted by molar-refractivity contribution is 0.608. The molecule has 0 bridgehead atoms. The summed E-state index contributed by atoms with van der Waals surface area (Å²) in [6.07, 6.45) is 1.90. The molecule has 0 heterocycles. The highest BCUT2D eigenvalue weighted by molar-refractivity contribution is 8.13. The molecule has 1 rings (SSSR count). The van der Waals surface area contributed by atoms with E-state index in [4.69, 9.17) is 10.7 Å². The normalized spacial score (nSPS) is 11.6. The zero-order valence-corrected chi connectivity index (χ0v) is 9.63. The number of rotatable bonds is 2. The molecular formula is C8H9ClO2S2. The van der Waals surface area contributed by atoms with E-state index in [0.717, 1.165) is 4.90 Å². The Labute approximate surface area is 86.7 Å². The van der Waals surface area contributed by atoms with E-state index in [1.807, 2.05) is 12.3 Å². The topological polar surface area (TPSA) is 34.1 Å². The first kappa shape index (κ1) is 10.9. The molecule has 0 saturated carbocycles. The summed E-state index contributed by atoms with van der Waals surface area (Å²) >= 11 is 1.50. The summed E-state index contributed by atoms with van der Waals surface area (Å²) in [5.41, 5.74) is 0.713. The van der Waals surface area contributed by atoms with Crippen LogP contribution in [0.4, 0.5) is 0 Å². The van der Waals surface area contributed by atoms with E-state index in [0.29, 0.717) is 5.56 Å². The smallest absolute Gasteiger partial charge is 0.207 e. The third-order valence-corrected chi connectivity index (χ3v) is 4.07. The van der Waals surface area contributed by atoms with Crippen LogP contribution in [0, 0.1) is 6.92 Å². The van der Waals surface area contributed by atoms with Gasteiger partial charge in [0.15, 0.2) is 0 Å². The van der Waals surface area contributed by atoms with Crippen molar-refractivity contribution in [3.63, 3.8) is 0 Å². The first-order valence-electron chi connectivity index (χ1n) is 3.55. The van der Waals surface area contributed by atoms with Crippen LogP contribution in [0.5, 0.6) is 0 Å². The third-order valence-electron chi connectivity index (χ3n) is 1.72. The predicted molar refractivity (Wildman–Crippen MR) is 56.0 cm³/mol. The van der Waals surface area contributed by atoms with E-state index >= 15 is 0 Å². The quantitative estimate of drug-likeness (QED) is 0.585. The molecule has 0 aliphatic heterocycles. The van der Waals surface area contributed by atoms with E-state index in [1.165, 1.54) is 17.8 Å². The number of hydrogen-bond acceptors (Lipinski definition) is 3. The Kier molecular flexibility index (Phi) is 3.27. The molecule has 0 N–H and O–H groups in total. The van der Waals surface area contributed by atoms with Crippen LogP contribution in [0.2, 0.25) is 0 Å². The van der Waals surface area contributed by atoms with Crippen LogP contribution in [0.25, 0.3) is 0 Å². The highest BCUT2D eigenvalue weighted by Crippen LogP contribution is 2.27. The molecule has 1 aromatic rings. The van der Waals surface area contributed by atoms with Gasteiger partial charge in [0.05, 0.1) is 4.90 Å². The molecule has 0 spiro atoms. The SMILES string of the molecule is CSc1cccc(S(=O)(=O)Cl)c1C.